The monoisotopic (exact) mass is 586 g/mol. The Morgan fingerprint density at radius 3 is 2.20 bits per heavy atom. The van der Waals surface area contributed by atoms with Gasteiger partial charge in [0.05, 0.1) is 11.8 Å². The van der Waals surface area contributed by atoms with E-state index in [4.69, 9.17) is 10.5 Å². The number of aldehydes is 1. The minimum Gasteiger partial charge on any atom is -0.457 e. The van der Waals surface area contributed by atoms with Crippen LogP contribution in [0.2, 0.25) is 0 Å². The maximum Gasteiger partial charge on any atom is 0.255 e. The Balaban J connectivity index is 1.05. The fraction of sp³-hybridized carbons (Fsp3) is 0.147. The maximum atomic E-state index is 13.3. The Labute approximate surface area is 254 Å². The average Bonchev–Trinajstić information content (AvgIpc) is 3.71. The van der Waals surface area contributed by atoms with Crippen molar-refractivity contribution in [2.75, 3.05) is 18.8 Å². The molecule has 3 aromatic carbocycles. The highest BCUT2D eigenvalue weighted by molar-refractivity contribution is 6.00. The number of likely N-dealkylation sites (tertiary alicyclic amines) is 1. The topological polar surface area (TPSA) is 132 Å². The number of carbonyl (C=O) groups excluding carboxylic acids is 3. The molecule has 3 heterocycles. The van der Waals surface area contributed by atoms with Crippen molar-refractivity contribution in [3.8, 4) is 33.8 Å². The van der Waals surface area contributed by atoms with E-state index in [-0.39, 0.29) is 23.7 Å². The minimum absolute atomic E-state index is 0.0857. The lowest BCUT2D eigenvalue weighted by Gasteiger charge is -2.18. The summed E-state index contributed by atoms with van der Waals surface area (Å²) in [6.45, 7) is 0.940. The zero-order valence-electron chi connectivity index (χ0n) is 24.0. The Hall–Kier alpha value is -5.77. The van der Waals surface area contributed by atoms with E-state index in [1.165, 1.54) is 0 Å². The molecule has 5 aromatic rings. The van der Waals surface area contributed by atoms with Gasteiger partial charge >= 0.3 is 0 Å². The molecule has 1 aliphatic heterocycles. The molecule has 0 aliphatic carbocycles. The highest BCUT2D eigenvalue weighted by atomic mass is 16.5. The minimum atomic E-state index is -0.323. The summed E-state index contributed by atoms with van der Waals surface area (Å²) >= 11 is 0. The van der Waals surface area contributed by atoms with E-state index in [0.717, 1.165) is 28.5 Å². The number of nitrogens with zero attached hydrogens (tertiary/aromatic N) is 4. The number of anilines is 1. The first-order valence-electron chi connectivity index (χ1n) is 14.1. The molecule has 3 N–H and O–H groups in total. The van der Waals surface area contributed by atoms with Gasteiger partial charge in [0, 0.05) is 60.8 Å². The molecule has 0 bridgehead atoms. The summed E-state index contributed by atoms with van der Waals surface area (Å²) in [6, 6.07) is 23.6. The highest BCUT2D eigenvalue weighted by Gasteiger charge is 2.29. The van der Waals surface area contributed by atoms with Gasteiger partial charge in [0.1, 0.15) is 23.6 Å². The van der Waals surface area contributed by atoms with E-state index in [9.17, 15) is 14.4 Å². The zero-order chi connectivity index (χ0) is 30.6. The van der Waals surface area contributed by atoms with Crippen LogP contribution in [0.25, 0.3) is 22.3 Å². The van der Waals surface area contributed by atoms with Crippen molar-refractivity contribution in [3.05, 3.63) is 114 Å². The van der Waals surface area contributed by atoms with E-state index in [2.05, 4.69) is 15.4 Å². The fourth-order valence-corrected chi connectivity index (χ4v) is 5.16. The second-order valence-corrected chi connectivity index (χ2v) is 10.7. The third-order valence-electron chi connectivity index (χ3n) is 7.58. The number of nitrogens with one attached hydrogen (secondary N) is 1. The number of benzene rings is 3. The lowest BCUT2D eigenvalue weighted by atomic mass is 10.0. The SMILES string of the molecule is Cn1cc(-c2cnc(N)c(C(=O)N[C@@H]3CCN(C(=O)c4ccc(-c5ccc(Oc6ccc(C=O)cc6)cc5)cc4)C3)c2)cn1. The first-order valence-corrected chi connectivity index (χ1v) is 14.1. The molecule has 0 radical (unpaired) electrons. The van der Waals surface area contributed by atoms with Crippen LogP contribution in [0.5, 0.6) is 11.5 Å². The standard InChI is InChI=1S/C34H30N6O4/c1-39-19-27(18-37-39)26-16-31(32(35)36-17-26)33(42)38-28-14-15-40(20-28)34(43)25-6-4-23(5-7-25)24-8-12-30(13-9-24)44-29-10-2-22(21-41)3-11-29/h2-13,16-19,21,28H,14-15,20H2,1H3,(H2,35,36)(H,38,42)/t28-/m1/s1. The maximum absolute atomic E-state index is 13.3. The van der Waals surface area contributed by atoms with Crippen molar-refractivity contribution < 1.29 is 19.1 Å². The summed E-state index contributed by atoms with van der Waals surface area (Å²) in [4.78, 5) is 43.1. The number of amides is 2. The van der Waals surface area contributed by atoms with Gasteiger partial charge in [-0.1, -0.05) is 24.3 Å². The van der Waals surface area contributed by atoms with Gasteiger partial charge in [0.2, 0.25) is 0 Å². The number of aryl methyl sites for hydroxylation is 1. The van der Waals surface area contributed by atoms with Crippen LogP contribution in [-0.4, -0.2) is 56.9 Å². The number of ether oxygens (including phenoxy) is 1. The summed E-state index contributed by atoms with van der Waals surface area (Å²) in [6.07, 6.45) is 6.59. The van der Waals surface area contributed by atoms with Crippen molar-refractivity contribution in [1.82, 2.24) is 25.0 Å². The third kappa shape index (κ3) is 6.19. The lowest BCUT2D eigenvalue weighted by molar-refractivity contribution is 0.0783. The molecule has 220 valence electrons. The number of nitrogen functional groups attached to an aromatic ring is 1. The Kier molecular flexibility index (Phi) is 7.88. The number of pyridine rings is 1. The predicted molar refractivity (Wildman–Crippen MR) is 166 cm³/mol. The summed E-state index contributed by atoms with van der Waals surface area (Å²) in [7, 11) is 1.82. The largest absolute Gasteiger partial charge is 0.457 e. The Bertz CT molecular complexity index is 1810. The summed E-state index contributed by atoms with van der Waals surface area (Å²) in [5.74, 6) is 1.06. The lowest BCUT2D eigenvalue weighted by Crippen LogP contribution is -2.38. The van der Waals surface area contributed by atoms with Gasteiger partial charge in [-0.15, -0.1) is 0 Å². The number of aromatic nitrogens is 3. The number of hydrogen-bond donors (Lipinski definition) is 2. The number of carbonyl (C=O) groups is 3. The highest BCUT2D eigenvalue weighted by Crippen LogP contribution is 2.27. The molecule has 0 spiro atoms. The van der Waals surface area contributed by atoms with Crippen LogP contribution in [0.3, 0.4) is 0 Å². The zero-order valence-corrected chi connectivity index (χ0v) is 24.0. The van der Waals surface area contributed by atoms with E-state index in [1.54, 1.807) is 52.3 Å². The molecule has 0 saturated carbocycles. The van der Waals surface area contributed by atoms with E-state index >= 15 is 0 Å². The molecule has 2 aromatic heterocycles. The predicted octanol–water partition coefficient (Wildman–Crippen LogP) is 4.98. The van der Waals surface area contributed by atoms with Gasteiger partial charge in [-0.25, -0.2) is 4.98 Å². The van der Waals surface area contributed by atoms with E-state index in [1.807, 2.05) is 61.8 Å². The van der Waals surface area contributed by atoms with Gasteiger partial charge in [0.15, 0.2) is 0 Å². The Morgan fingerprint density at radius 1 is 0.909 bits per heavy atom. The van der Waals surface area contributed by atoms with Gasteiger partial charge in [-0.2, -0.15) is 5.10 Å². The molecule has 2 amide bonds. The van der Waals surface area contributed by atoms with Crippen LogP contribution in [0.1, 0.15) is 37.5 Å². The normalized spacial score (nSPS) is 14.3. The first kappa shape index (κ1) is 28.4. The number of rotatable bonds is 8. The first-order chi connectivity index (χ1) is 21.4. The summed E-state index contributed by atoms with van der Waals surface area (Å²) in [5, 5.41) is 7.18. The molecule has 0 unspecified atom stereocenters. The number of hydrogen-bond acceptors (Lipinski definition) is 7. The van der Waals surface area contributed by atoms with Gasteiger partial charge in [-0.3, -0.25) is 19.1 Å². The van der Waals surface area contributed by atoms with Crippen molar-refractivity contribution in [2.45, 2.75) is 12.5 Å². The fourth-order valence-electron chi connectivity index (χ4n) is 5.16. The molecule has 1 fully saturated rings. The van der Waals surface area contributed by atoms with Crippen LogP contribution < -0.4 is 15.8 Å². The van der Waals surface area contributed by atoms with Crippen LogP contribution >= 0.6 is 0 Å². The van der Waals surface area contributed by atoms with Crippen LogP contribution in [0.15, 0.2) is 97.5 Å². The van der Waals surface area contributed by atoms with Crippen molar-refractivity contribution in [2.24, 2.45) is 7.05 Å². The molecular weight excluding hydrogens is 556 g/mol. The van der Waals surface area contributed by atoms with E-state index < -0.39 is 0 Å². The van der Waals surface area contributed by atoms with Crippen molar-refractivity contribution in [1.29, 1.82) is 0 Å². The molecule has 44 heavy (non-hydrogen) atoms. The smallest absolute Gasteiger partial charge is 0.255 e. The molecule has 6 rings (SSSR count). The van der Waals surface area contributed by atoms with Gasteiger partial charge < -0.3 is 20.7 Å². The third-order valence-corrected chi connectivity index (χ3v) is 7.58. The Morgan fingerprint density at radius 2 is 1.57 bits per heavy atom. The molecule has 1 saturated heterocycles. The molecule has 10 nitrogen and oxygen atoms in total. The van der Waals surface area contributed by atoms with Crippen molar-refractivity contribution in [3.63, 3.8) is 0 Å². The molecule has 1 aliphatic rings. The second kappa shape index (κ2) is 12.2. The summed E-state index contributed by atoms with van der Waals surface area (Å²) in [5.41, 5.74) is 11.0. The molecular formula is C34H30N6O4. The average molecular weight is 587 g/mol. The van der Waals surface area contributed by atoms with Crippen molar-refractivity contribution >= 4 is 23.9 Å². The second-order valence-electron chi connectivity index (χ2n) is 10.7. The molecule has 10 heteroatoms. The van der Waals surface area contributed by atoms with E-state index in [0.29, 0.717) is 47.7 Å². The van der Waals surface area contributed by atoms with Crippen LogP contribution in [0, 0.1) is 0 Å². The van der Waals surface area contributed by atoms with Gasteiger partial charge in [0.25, 0.3) is 11.8 Å². The molecule has 1 atom stereocenters. The number of nitrogens with two attached hydrogens (primary N) is 1. The van der Waals surface area contributed by atoms with Gasteiger partial charge in [-0.05, 0) is 72.1 Å². The quantitative estimate of drug-likeness (QED) is 0.245. The van der Waals surface area contributed by atoms with Crippen LogP contribution in [0.4, 0.5) is 5.82 Å². The van der Waals surface area contributed by atoms with Crippen LogP contribution in [-0.2, 0) is 7.05 Å². The summed E-state index contributed by atoms with van der Waals surface area (Å²) < 4.78 is 7.54.